The summed E-state index contributed by atoms with van der Waals surface area (Å²) in [7, 11) is 0. The Morgan fingerprint density at radius 3 is 2.56 bits per heavy atom. The molecule has 1 aliphatic rings. The average Bonchev–Trinajstić information content (AvgIpc) is 2.95. The van der Waals surface area contributed by atoms with Crippen molar-refractivity contribution in [2.75, 3.05) is 41.8 Å². The zero-order chi connectivity index (χ0) is 24.7. The molecule has 9 heteroatoms. The Morgan fingerprint density at radius 1 is 0.972 bits per heavy atom. The fourth-order valence-corrected chi connectivity index (χ4v) is 3.87. The topological polar surface area (TPSA) is 116 Å². The van der Waals surface area contributed by atoms with E-state index in [2.05, 4.69) is 48.7 Å². The van der Waals surface area contributed by atoms with E-state index in [0.717, 1.165) is 43.2 Å². The van der Waals surface area contributed by atoms with Gasteiger partial charge in [0, 0.05) is 42.4 Å². The summed E-state index contributed by atoms with van der Waals surface area (Å²) in [5.74, 6) is 0.0608. The maximum Gasteiger partial charge on any atom is 0.274 e. The molecule has 36 heavy (non-hydrogen) atoms. The Morgan fingerprint density at radius 2 is 1.81 bits per heavy atom. The van der Waals surface area contributed by atoms with Crippen molar-refractivity contribution >= 4 is 28.9 Å². The minimum atomic E-state index is -0.381. The van der Waals surface area contributed by atoms with Crippen LogP contribution in [-0.4, -0.2) is 47.2 Å². The van der Waals surface area contributed by atoms with Gasteiger partial charge in [-0.1, -0.05) is 12.1 Å². The van der Waals surface area contributed by atoms with Crippen LogP contribution in [0.15, 0.2) is 79.1 Å². The van der Waals surface area contributed by atoms with Crippen molar-refractivity contribution in [1.29, 1.82) is 5.26 Å². The highest BCUT2D eigenvalue weighted by atomic mass is 16.5. The standard InChI is InChI=1S/C27H23N7O2/c28-18-20-17-19(4-9-23(20)32-26(35)25-3-1-2-11-29-25)24-10-12-30-27(33-24)31-21-5-7-22(8-6-21)34-13-15-36-16-14-34/h1-12,17H,13-16H2,(H,32,35)(H,30,31,33). The lowest BCUT2D eigenvalue weighted by Gasteiger charge is -2.28. The Kier molecular flexibility index (Phi) is 6.78. The quantitative estimate of drug-likeness (QED) is 0.424. The molecule has 0 saturated carbocycles. The van der Waals surface area contributed by atoms with Crippen LogP contribution in [0.4, 0.5) is 23.0 Å². The van der Waals surface area contributed by atoms with Crippen LogP contribution in [0.5, 0.6) is 0 Å². The Balaban J connectivity index is 1.31. The molecule has 0 unspecified atom stereocenters. The smallest absolute Gasteiger partial charge is 0.274 e. The highest BCUT2D eigenvalue weighted by molar-refractivity contribution is 6.03. The number of anilines is 4. The van der Waals surface area contributed by atoms with Crippen LogP contribution in [0, 0.1) is 11.3 Å². The number of ether oxygens (including phenoxy) is 1. The summed E-state index contributed by atoms with van der Waals surface area (Å²) < 4.78 is 5.42. The van der Waals surface area contributed by atoms with Gasteiger partial charge in [0.15, 0.2) is 0 Å². The largest absolute Gasteiger partial charge is 0.378 e. The number of amides is 1. The van der Waals surface area contributed by atoms with E-state index in [1.165, 1.54) is 0 Å². The van der Waals surface area contributed by atoms with E-state index < -0.39 is 0 Å². The van der Waals surface area contributed by atoms with Gasteiger partial charge in [-0.3, -0.25) is 9.78 Å². The maximum absolute atomic E-state index is 12.4. The van der Waals surface area contributed by atoms with E-state index >= 15 is 0 Å². The molecule has 9 nitrogen and oxygen atoms in total. The molecule has 1 saturated heterocycles. The molecule has 1 aliphatic heterocycles. The number of nitrogens with one attached hydrogen (secondary N) is 2. The number of rotatable bonds is 6. The second-order valence-corrected chi connectivity index (χ2v) is 8.08. The first kappa shape index (κ1) is 23.0. The molecule has 2 N–H and O–H groups in total. The van der Waals surface area contributed by atoms with Crippen LogP contribution >= 0.6 is 0 Å². The summed E-state index contributed by atoms with van der Waals surface area (Å²) in [6.45, 7) is 3.25. The maximum atomic E-state index is 12.4. The van der Waals surface area contributed by atoms with Crippen molar-refractivity contribution in [3.05, 3.63) is 90.4 Å². The van der Waals surface area contributed by atoms with Gasteiger partial charge >= 0.3 is 0 Å². The lowest BCUT2D eigenvalue weighted by Crippen LogP contribution is -2.36. The average molecular weight is 478 g/mol. The lowest BCUT2D eigenvalue weighted by molar-refractivity contribution is 0.102. The third kappa shape index (κ3) is 5.29. The molecule has 0 spiro atoms. The molecule has 0 radical (unpaired) electrons. The number of pyridine rings is 1. The predicted octanol–water partition coefficient (Wildman–Crippen LogP) is 4.24. The fraction of sp³-hybridized carbons (Fsp3) is 0.148. The summed E-state index contributed by atoms with van der Waals surface area (Å²) in [5.41, 5.74) is 4.41. The summed E-state index contributed by atoms with van der Waals surface area (Å²) in [5, 5.41) is 15.7. The third-order valence-corrected chi connectivity index (χ3v) is 5.74. The summed E-state index contributed by atoms with van der Waals surface area (Å²) in [6.07, 6.45) is 3.21. The molecule has 1 fully saturated rings. The van der Waals surface area contributed by atoms with Crippen molar-refractivity contribution in [1.82, 2.24) is 15.0 Å². The Bertz CT molecular complexity index is 1400. The minimum Gasteiger partial charge on any atom is -0.378 e. The second kappa shape index (κ2) is 10.6. The van der Waals surface area contributed by atoms with Gasteiger partial charge in [0.1, 0.15) is 11.8 Å². The van der Waals surface area contributed by atoms with E-state index in [-0.39, 0.29) is 11.6 Å². The number of carbonyl (C=O) groups is 1. The number of nitrogens with zero attached hydrogens (tertiary/aromatic N) is 5. The number of nitriles is 1. The van der Waals surface area contributed by atoms with Crippen molar-refractivity contribution in [2.24, 2.45) is 0 Å². The molecule has 3 heterocycles. The van der Waals surface area contributed by atoms with Crippen LogP contribution in [-0.2, 0) is 4.74 Å². The SMILES string of the molecule is N#Cc1cc(-c2ccnc(Nc3ccc(N4CCOCC4)cc3)n2)ccc1NC(=O)c1ccccn1. The van der Waals surface area contributed by atoms with E-state index in [1.54, 1.807) is 54.9 Å². The van der Waals surface area contributed by atoms with Gasteiger partial charge in [-0.25, -0.2) is 9.97 Å². The van der Waals surface area contributed by atoms with Crippen LogP contribution < -0.4 is 15.5 Å². The molecule has 2 aromatic heterocycles. The second-order valence-electron chi connectivity index (χ2n) is 8.08. The van der Waals surface area contributed by atoms with Crippen molar-refractivity contribution in [3.8, 4) is 17.3 Å². The van der Waals surface area contributed by atoms with Gasteiger partial charge in [-0.05, 0) is 54.6 Å². The highest BCUT2D eigenvalue weighted by Crippen LogP contribution is 2.26. The predicted molar refractivity (Wildman–Crippen MR) is 137 cm³/mol. The van der Waals surface area contributed by atoms with Gasteiger partial charge in [0.05, 0.1) is 30.2 Å². The number of hydrogen-bond acceptors (Lipinski definition) is 8. The van der Waals surface area contributed by atoms with Crippen LogP contribution in [0.3, 0.4) is 0 Å². The molecule has 0 atom stereocenters. The molecular formula is C27H23N7O2. The fourth-order valence-electron chi connectivity index (χ4n) is 3.87. The van der Waals surface area contributed by atoms with Gasteiger partial charge in [0.25, 0.3) is 5.91 Å². The molecule has 2 aromatic carbocycles. The van der Waals surface area contributed by atoms with Crippen LogP contribution in [0.1, 0.15) is 16.1 Å². The van der Waals surface area contributed by atoms with Crippen molar-refractivity contribution in [3.63, 3.8) is 0 Å². The summed E-state index contributed by atoms with van der Waals surface area (Å²) in [4.78, 5) is 27.7. The van der Waals surface area contributed by atoms with Crippen molar-refractivity contribution < 1.29 is 9.53 Å². The third-order valence-electron chi connectivity index (χ3n) is 5.74. The molecular weight excluding hydrogens is 454 g/mol. The molecule has 178 valence electrons. The number of morpholine rings is 1. The van der Waals surface area contributed by atoms with E-state index in [0.29, 0.717) is 22.9 Å². The Labute approximate surface area is 208 Å². The number of aromatic nitrogens is 3. The van der Waals surface area contributed by atoms with Gasteiger partial charge in [0.2, 0.25) is 5.95 Å². The monoisotopic (exact) mass is 477 g/mol. The summed E-state index contributed by atoms with van der Waals surface area (Å²) in [6, 6.07) is 22.3. The molecule has 5 rings (SSSR count). The number of benzene rings is 2. The van der Waals surface area contributed by atoms with E-state index in [4.69, 9.17) is 4.74 Å². The first-order chi connectivity index (χ1) is 17.7. The number of carbonyl (C=O) groups excluding carboxylic acids is 1. The number of hydrogen-bond donors (Lipinski definition) is 2. The highest BCUT2D eigenvalue weighted by Gasteiger charge is 2.13. The van der Waals surface area contributed by atoms with Gasteiger partial charge in [-0.2, -0.15) is 5.26 Å². The van der Waals surface area contributed by atoms with E-state index in [1.807, 2.05) is 12.1 Å². The minimum absolute atomic E-state index is 0.273. The summed E-state index contributed by atoms with van der Waals surface area (Å²) >= 11 is 0. The molecule has 4 aromatic rings. The normalized spacial score (nSPS) is 13.0. The lowest BCUT2D eigenvalue weighted by atomic mass is 10.1. The van der Waals surface area contributed by atoms with Gasteiger partial charge in [-0.15, -0.1) is 0 Å². The molecule has 0 aliphatic carbocycles. The molecule has 1 amide bonds. The van der Waals surface area contributed by atoms with Crippen LogP contribution in [0.25, 0.3) is 11.3 Å². The zero-order valence-corrected chi connectivity index (χ0v) is 19.4. The van der Waals surface area contributed by atoms with Gasteiger partial charge < -0.3 is 20.3 Å². The van der Waals surface area contributed by atoms with Crippen molar-refractivity contribution in [2.45, 2.75) is 0 Å². The first-order valence-corrected chi connectivity index (χ1v) is 11.5. The first-order valence-electron chi connectivity index (χ1n) is 11.5. The Hall–Kier alpha value is -4.81. The van der Waals surface area contributed by atoms with Crippen LogP contribution in [0.2, 0.25) is 0 Å². The van der Waals surface area contributed by atoms with E-state index in [9.17, 15) is 10.1 Å². The molecule has 0 bridgehead atoms. The zero-order valence-electron chi connectivity index (χ0n) is 19.4.